The van der Waals surface area contributed by atoms with E-state index >= 15 is 0 Å². The molecule has 1 aliphatic rings. The minimum absolute atomic E-state index is 0.115. The number of rotatable bonds is 5. The molecule has 0 atom stereocenters. The van der Waals surface area contributed by atoms with Crippen molar-refractivity contribution >= 4 is 34.4 Å². The zero-order chi connectivity index (χ0) is 18.6. The van der Waals surface area contributed by atoms with Gasteiger partial charge in [-0.15, -0.1) is 6.61 Å². The summed E-state index contributed by atoms with van der Waals surface area (Å²) >= 11 is 1.72. The molecule has 0 spiro atoms. The second kappa shape index (κ2) is 7.99. The smallest absolute Gasteiger partial charge is 0.213 e. The number of aromatic nitrogens is 1. The molecule has 0 fully saturated rings. The topological polar surface area (TPSA) is 30.2 Å². The maximum absolute atomic E-state index is 11.2. The molecule has 0 saturated heterocycles. The molecule has 1 aromatic heterocycles. The van der Waals surface area contributed by atoms with E-state index in [-0.39, 0.29) is 6.61 Å². The van der Waals surface area contributed by atoms with Crippen molar-refractivity contribution in [2.45, 2.75) is 18.4 Å². The lowest BCUT2D eigenvalue weighted by atomic mass is 10.1. The van der Waals surface area contributed by atoms with Crippen LogP contribution < -0.4 is 14.6 Å². The summed E-state index contributed by atoms with van der Waals surface area (Å²) in [4.78, 5) is 3.32. The summed E-state index contributed by atoms with van der Waals surface area (Å²) in [5.41, 5.74) is 3.57. The van der Waals surface area contributed by atoms with E-state index in [1.807, 2.05) is 12.1 Å². The lowest BCUT2D eigenvalue weighted by molar-refractivity contribution is -0.667. The van der Waals surface area contributed by atoms with E-state index in [0.29, 0.717) is 6.54 Å². The zero-order valence-corrected chi connectivity index (χ0v) is 16.2. The maximum Gasteiger partial charge on any atom is 0.213 e. The SMILES string of the molecule is CC[n+]1ccc(/C=C/C=C2\Sc3ccccc3N2CC[O-])c2ccccc21. The molecule has 3 aromatic rings. The summed E-state index contributed by atoms with van der Waals surface area (Å²) < 4.78 is 2.25. The normalized spacial score (nSPS) is 15.2. The molecule has 136 valence electrons. The Balaban J connectivity index is 1.65. The molecule has 0 radical (unpaired) electrons. The van der Waals surface area contributed by atoms with Crippen LogP contribution in [0.15, 0.2) is 82.9 Å². The number of para-hydroxylation sites is 2. The van der Waals surface area contributed by atoms with E-state index in [9.17, 15) is 5.11 Å². The number of allylic oxidation sites excluding steroid dienone is 2. The molecule has 0 N–H and O–H groups in total. The van der Waals surface area contributed by atoms with Crippen molar-refractivity contribution < 1.29 is 9.67 Å². The van der Waals surface area contributed by atoms with E-state index in [1.165, 1.54) is 21.4 Å². The van der Waals surface area contributed by atoms with Crippen LogP contribution in [0.25, 0.3) is 17.0 Å². The van der Waals surface area contributed by atoms with Crippen molar-refractivity contribution in [3.05, 3.63) is 83.5 Å². The van der Waals surface area contributed by atoms with Crippen molar-refractivity contribution in [2.75, 3.05) is 18.1 Å². The van der Waals surface area contributed by atoms with Gasteiger partial charge in [-0.05, 0) is 36.8 Å². The van der Waals surface area contributed by atoms with Gasteiger partial charge in [0.15, 0.2) is 6.20 Å². The highest BCUT2D eigenvalue weighted by Crippen LogP contribution is 2.45. The molecular formula is C23H22N2OS. The van der Waals surface area contributed by atoms with Crippen LogP contribution in [0, 0.1) is 0 Å². The summed E-state index contributed by atoms with van der Waals surface area (Å²) in [5.74, 6) is 0. The average Bonchev–Trinajstić information content (AvgIpc) is 3.06. The van der Waals surface area contributed by atoms with Gasteiger partial charge >= 0.3 is 0 Å². The molecule has 2 aromatic carbocycles. The average molecular weight is 375 g/mol. The van der Waals surface area contributed by atoms with Crippen LogP contribution in [-0.4, -0.2) is 13.2 Å². The predicted molar refractivity (Wildman–Crippen MR) is 111 cm³/mol. The largest absolute Gasteiger partial charge is 0.853 e. The minimum atomic E-state index is -0.115. The Morgan fingerprint density at radius 1 is 1.07 bits per heavy atom. The Morgan fingerprint density at radius 2 is 1.89 bits per heavy atom. The van der Waals surface area contributed by atoms with Crippen molar-refractivity contribution in [3.8, 4) is 0 Å². The molecule has 0 amide bonds. The van der Waals surface area contributed by atoms with Gasteiger partial charge in [-0.2, -0.15) is 4.57 Å². The lowest BCUT2D eigenvalue weighted by Gasteiger charge is -2.21. The van der Waals surface area contributed by atoms with Crippen LogP contribution in [0.3, 0.4) is 0 Å². The van der Waals surface area contributed by atoms with Crippen LogP contribution in [0.5, 0.6) is 0 Å². The van der Waals surface area contributed by atoms with Gasteiger partial charge in [0, 0.05) is 23.6 Å². The van der Waals surface area contributed by atoms with E-state index in [2.05, 4.69) is 83.3 Å². The van der Waals surface area contributed by atoms with Gasteiger partial charge in [0.1, 0.15) is 6.54 Å². The fraction of sp³-hybridized carbons (Fsp3) is 0.174. The second-order valence-corrected chi connectivity index (χ2v) is 7.43. The fourth-order valence-electron chi connectivity index (χ4n) is 3.46. The fourth-order valence-corrected chi connectivity index (χ4v) is 4.56. The molecule has 1 aliphatic heterocycles. The van der Waals surface area contributed by atoms with Gasteiger partial charge in [0.2, 0.25) is 5.52 Å². The van der Waals surface area contributed by atoms with E-state index in [1.54, 1.807) is 11.8 Å². The Labute approximate surface area is 164 Å². The Hall–Kier alpha value is -2.56. The van der Waals surface area contributed by atoms with Gasteiger partial charge in [-0.1, -0.05) is 48.2 Å². The number of benzene rings is 2. The maximum atomic E-state index is 11.2. The third kappa shape index (κ3) is 3.51. The molecule has 3 nitrogen and oxygen atoms in total. The summed E-state index contributed by atoms with van der Waals surface area (Å²) in [6.45, 7) is 3.49. The third-order valence-electron chi connectivity index (χ3n) is 4.77. The standard InChI is InChI=1S/C23H22N2OS/c1-2-24-15-14-18(19-9-3-4-10-20(19)24)8-7-13-23-25(16-17-26)21-11-5-6-12-22(21)27-23/h3-15H,2,16-17H2,1H3. The Bertz CT molecular complexity index is 1030. The van der Waals surface area contributed by atoms with Crippen molar-refractivity contribution in [1.82, 2.24) is 0 Å². The first-order valence-electron chi connectivity index (χ1n) is 9.24. The monoisotopic (exact) mass is 374 g/mol. The summed E-state index contributed by atoms with van der Waals surface area (Å²) in [6, 6.07) is 18.9. The zero-order valence-electron chi connectivity index (χ0n) is 15.3. The van der Waals surface area contributed by atoms with Crippen molar-refractivity contribution in [1.29, 1.82) is 0 Å². The molecule has 0 unspecified atom stereocenters. The number of fused-ring (bicyclic) bond motifs is 2. The number of hydrogen-bond donors (Lipinski definition) is 0. The second-order valence-electron chi connectivity index (χ2n) is 6.36. The van der Waals surface area contributed by atoms with Crippen LogP contribution in [0.4, 0.5) is 5.69 Å². The van der Waals surface area contributed by atoms with E-state index < -0.39 is 0 Å². The molecule has 27 heavy (non-hydrogen) atoms. The third-order valence-corrected chi connectivity index (χ3v) is 5.90. The summed E-state index contributed by atoms with van der Waals surface area (Å²) in [5, 5.41) is 13.6. The van der Waals surface area contributed by atoms with Crippen molar-refractivity contribution in [2.24, 2.45) is 0 Å². The molecule has 2 heterocycles. The lowest BCUT2D eigenvalue weighted by Crippen LogP contribution is -2.32. The van der Waals surface area contributed by atoms with Crippen LogP contribution >= 0.6 is 11.8 Å². The predicted octanol–water partition coefficient (Wildman–Crippen LogP) is 3.97. The number of nitrogens with zero attached hydrogens (tertiary/aromatic N) is 2. The first-order valence-corrected chi connectivity index (χ1v) is 10.1. The number of thioether (sulfide) groups is 1. The van der Waals surface area contributed by atoms with Crippen molar-refractivity contribution in [3.63, 3.8) is 0 Å². The van der Waals surface area contributed by atoms with Gasteiger partial charge in [0.25, 0.3) is 0 Å². The van der Waals surface area contributed by atoms with Gasteiger partial charge in [-0.25, -0.2) is 0 Å². The van der Waals surface area contributed by atoms with Gasteiger partial charge in [-0.3, -0.25) is 0 Å². The summed E-state index contributed by atoms with van der Waals surface area (Å²) in [6.07, 6.45) is 8.48. The van der Waals surface area contributed by atoms with Gasteiger partial charge in [0.05, 0.1) is 16.1 Å². The highest BCUT2D eigenvalue weighted by molar-refractivity contribution is 8.03. The van der Waals surface area contributed by atoms with Gasteiger partial charge < -0.3 is 10.0 Å². The van der Waals surface area contributed by atoms with Crippen LogP contribution in [0.2, 0.25) is 0 Å². The molecule has 4 rings (SSSR count). The molecule has 0 saturated carbocycles. The Morgan fingerprint density at radius 3 is 2.74 bits per heavy atom. The van der Waals surface area contributed by atoms with Crippen LogP contribution in [0.1, 0.15) is 12.5 Å². The quantitative estimate of drug-likeness (QED) is 0.633. The highest BCUT2D eigenvalue weighted by atomic mass is 32.2. The first kappa shape index (κ1) is 17.8. The van der Waals surface area contributed by atoms with E-state index in [0.717, 1.165) is 17.3 Å². The number of pyridine rings is 1. The summed E-state index contributed by atoms with van der Waals surface area (Å²) in [7, 11) is 0. The number of hydrogen-bond acceptors (Lipinski definition) is 3. The first-order chi connectivity index (χ1) is 13.3. The molecule has 0 bridgehead atoms. The molecule has 4 heteroatoms. The number of aryl methyl sites for hydroxylation is 1. The molecule has 0 aliphatic carbocycles. The minimum Gasteiger partial charge on any atom is -0.853 e. The number of anilines is 1. The Kier molecular flexibility index (Phi) is 5.28. The highest BCUT2D eigenvalue weighted by Gasteiger charge is 2.22. The van der Waals surface area contributed by atoms with E-state index in [4.69, 9.17) is 0 Å². The van der Waals surface area contributed by atoms with Crippen LogP contribution in [-0.2, 0) is 6.54 Å². The molecular weight excluding hydrogens is 352 g/mol.